The number of nitrogen functional groups attached to an aromatic ring is 1. The standard InChI is InChI=1S/C15H21N5/c1-5-15(6-2,7-3)8-9-20-10-17-12-13(16)18-11(4)19-14(12)20/h1,10H,6-9H2,2-4H3,(H2,16,18,19). The van der Waals surface area contributed by atoms with Crippen LogP contribution < -0.4 is 5.73 Å². The van der Waals surface area contributed by atoms with Gasteiger partial charge in [0.25, 0.3) is 0 Å². The summed E-state index contributed by atoms with van der Waals surface area (Å²) in [6.45, 7) is 6.90. The number of aromatic nitrogens is 4. The Hall–Kier alpha value is -2.09. The number of imidazole rings is 1. The third-order valence-electron chi connectivity index (χ3n) is 4.09. The number of hydrogen-bond donors (Lipinski definition) is 1. The molecule has 20 heavy (non-hydrogen) atoms. The third kappa shape index (κ3) is 2.46. The Bertz CT molecular complexity index is 646. The van der Waals surface area contributed by atoms with Gasteiger partial charge in [0, 0.05) is 12.0 Å². The Morgan fingerprint density at radius 1 is 1.35 bits per heavy atom. The number of nitrogens with two attached hydrogens (primary N) is 1. The van der Waals surface area contributed by atoms with E-state index in [1.807, 2.05) is 11.5 Å². The monoisotopic (exact) mass is 271 g/mol. The lowest BCUT2D eigenvalue weighted by atomic mass is 9.80. The van der Waals surface area contributed by atoms with Crippen molar-refractivity contribution in [3.8, 4) is 12.3 Å². The normalized spacial score (nSPS) is 11.7. The van der Waals surface area contributed by atoms with E-state index in [0.717, 1.165) is 31.5 Å². The molecular formula is C15H21N5. The summed E-state index contributed by atoms with van der Waals surface area (Å²) in [6, 6.07) is 0. The van der Waals surface area contributed by atoms with Crippen LogP contribution in [0.5, 0.6) is 0 Å². The van der Waals surface area contributed by atoms with E-state index < -0.39 is 0 Å². The molecule has 0 fully saturated rings. The van der Waals surface area contributed by atoms with E-state index >= 15 is 0 Å². The minimum atomic E-state index is -0.0514. The van der Waals surface area contributed by atoms with Gasteiger partial charge in [-0.05, 0) is 26.2 Å². The maximum atomic E-state index is 5.87. The van der Waals surface area contributed by atoms with Gasteiger partial charge < -0.3 is 10.3 Å². The Labute approximate surface area is 119 Å². The van der Waals surface area contributed by atoms with Gasteiger partial charge in [0.15, 0.2) is 11.5 Å². The smallest absolute Gasteiger partial charge is 0.165 e. The van der Waals surface area contributed by atoms with Crippen LogP contribution in [-0.2, 0) is 6.54 Å². The fourth-order valence-corrected chi connectivity index (χ4v) is 2.46. The van der Waals surface area contributed by atoms with E-state index in [1.54, 1.807) is 6.33 Å². The number of terminal acetylenes is 1. The maximum absolute atomic E-state index is 5.87. The van der Waals surface area contributed by atoms with Crippen molar-refractivity contribution in [3.63, 3.8) is 0 Å². The van der Waals surface area contributed by atoms with Crippen LogP contribution in [0.15, 0.2) is 6.33 Å². The number of nitrogens with zero attached hydrogens (tertiary/aromatic N) is 4. The summed E-state index contributed by atoms with van der Waals surface area (Å²) >= 11 is 0. The van der Waals surface area contributed by atoms with Gasteiger partial charge in [-0.2, -0.15) is 0 Å². The van der Waals surface area contributed by atoms with E-state index in [4.69, 9.17) is 12.2 Å². The molecule has 0 aromatic carbocycles. The summed E-state index contributed by atoms with van der Waals surface area (Å²) in [5, 5.41) is 0. The molecule has 0 unspecified atom stereocenters. The SMILES string of the molecule is C#CC(CC)(CC)CCn1cnc2c(N)nc(C)nc21. The van der Waals surface area contributed by atoms with Gasteiger partial charge in [-0.15, -0.1) is 6.42 Å². The number of hydrogen-bond acceptors (Lipinski definition) is 4. The van der Waals surface area contributed by atoms with Crippen LogP contribution in [0.3, 0.4) is 0 Å². The number of rotatable bonds is 5. The van der Waals surface area contributed by atoms with Gasteiger partial charge in [0.05, 0.1) is 6.33 Å². The van der Waals surface area contributed by atoms with Crippen LogP contribution in [-0.4, -0.2) is 19.5 Å². The average molecular weight is 271 g/mol. The molecule has 2 heterocycles. The summed E-state index contributed by atoms with van der Waals surface area (Å²) in [5.41, 5.74) is 7.27. The molecule has 2 aromatic heterocycles. The minimum absolute atomic E-state index is 0.0514. The highest BCUT2D eigenvalue weighted by Gasteiger charge is 2.23. The minimum Gasteiger partial charge on any atom is -0.382 e. The number of anilines is 1. The fraction of sp³-hybridized carbons (Fsp3) is 0.533. The molecule has 0 bridgehead atoms. The van der Waals surface area contributed by atoms with Crippen molar-refractivity contribution in [1.29, 1.82) is 0 Å². The fourth-order valence-electron chi connectivity index (χ4n) is 2.46. The topological polar surface area (TPSA) is 69.6 Å². The highest BCUT2D eigenvalue weighted by Crippen LogP contribution is 2.30. The second-order valence-corrected chi connectivity index (χ2v) is 5.15. The molecule has 0 spiro atoms. The first-order chi connectivity index (χ1) is 9.55. The lowest BCUT2D eigenvalue weighted by molar-refractivity contribution is 0.322. The first kappa shape index (κ1) is 14.3. The van der Waals surface area contributed by atoms with Crippen molar-refractivity contribution in [2.75, 3.05) is 5.73 Å². The summed E-state index contributed by atoms with van der Waals surface area (Å²) < 4.78 is 2.01. The van der Waals surface area contributed by atoms with Crippen LogP contribution in [0.2, 0.25) is 0 Å². The first-order valence-electron chi connectivity index (χ1n) is 6.98. The number of aryl methyl sites for hydroxylation is 2. The summed E-state index contributed by atoms with van der Waals surface area (Å²) in [6.07, 6.45) is 10.3. The first-order valence-corrected chi connectivity index (χ1v) is 6.98. The van der Waals surface area contributed by atoms with E-state index in [9.17, 15) is 0 Å². The third-order valence-corrected chi connectivity index (χ3v) is 4.09. The van der Waals surface area contributed by atoms with Gasteiger partial charge in [0.2, 0.25) is 0 Å². The molecule has 0 aliphatic carbocycles. The maximum Gasteiger partial charge on any atom is 0.165 e. The lowest BCUT2D eigenvalue weighted by Crippen LogP contribution is -2.19. The molecule has 0 saturated heterocycles. The van der Waals surface area contributed by atoms with Gasteiger partial charge in [-0.25, -0.2) is 15.0 Å². The zero-order valence-electron chi connectivity index (χ0n) is 12.3. The Kier molecular flexibility index (Phi) is 3.93. The molecule has 2 N–H and O–H groups in total. The average Bonchev–Trinajstić information content (AvgIpc) is 2.84. The van der Waals surface area contributed by atoms with E-state index in [1.165, 1.54) is 0 Å². The molecule has 106 valence electrons. The van der Waals surface area contributed by atoms with Crippen LogP contribution in [0, 0.1) is 24.7 Å². The molecule has 0 amide bonds. The molecule has 0 saturated carbocycles. The molecule has 2 aromatic rings. The van der Waals surface area contributed by atoms with E-state index in [2.05, 4.69) is 34.7 Å². The van der Waals surface area contributed by atoms with Crippen molar-refractivity contribution < 1.29 is 0 Å². The predicted molar refractivity (Wildman–Crippen MR) is 80.9 cm³/mol. The number of fused-ring (bicyclic) bond motifs is 1. The summed E-state index contributed by atoms with van der Waals surface area (Å²) in [5.74, 6) is 4.05. The Morgan fingerprint density at radius 2 is 2.05 bits per heavy atom. The van der Waals surface area contributed by atoms with Gasteiger partial charge in [-0.3, -0.25) is 0 Å². The van der Waals surface area contributed by atoms with Gasteiger partial charge in [-0.1, -0.05) is 19.8 Å². The van der Waals surface area contributed by atoms with Gasteiger partial charge >= 0.3 is 0 Å². The summed E-state index contributed by atoms with van der Waals surface area (Å²) in [4.78, 5) is 12.9. The molecule has 5 heteroatoms. The van der Waals surface area contributed by atoms with Crippen molar-refractivity contribution in [1.82, 2.24) is 19.5 Å². The zero-order valence-corrected chi connectivity index (χ0v) is 12.3. The van der Waals surface area contributed by atoms with Crippen molar-refractivity contribution in [2.24, 2.45) is 5.41 Å². The van der Waals surface area contributed by atoms with Crippen molar-refractivity contribution >= 4 is 17.0 Å². The predicted octanol–water partition coefficient (Wildman–Crippen LogP) is 2.55. The second-order valence-electron chi connectivity index (χ2n) is 5.15. The second kappa shape index (κ2) is 5.49. The molecule has 5 nitrogen and oxygen atoms in total. The van der Waals surface area contributed by atoms with E-state index in [-0.39, 0.29) is 5.41 Å². The molecule has 0 aliphatic heterocycles. The van der Waals surface area contributed by atoms with Gasteiger partial charge in [0.1, 0.15) is 11.3 Å². The largest absolute Gasteiger partial charge is 0.382 e. The Balaban J connectivity index is 2.29. The lowest BCUT2D eigenvalue weighted by Gasteiger charge is -2.25. The molecular weight excluding hydrogens is 250 g/mol. The quantitative estimate of drug-likeness (QED) is 0.848. The van der Waals surface area contributed by atoms with E-state index in [0.29, 0.717) is 17.2 Å². The van der Waals surface area contributed by atoms with Crippen LogP contribution in [0.4, 0.5) is 5.82 Å². The zero-order chi connectivity index (χ0) is 14.8. The summed E-state index contributed by atoms with van der Waals surface area (Å²) in [7, 11) is 0. The molecule has 0 aliphatic rings. The molecule has 0 radical (unpaired) electrons. The van der Waals surface area contributed by atoms with Crippen LogP contribution in [0.1, 0.15) is 38.9 Å². The highest BCUT2D eigenvalue weighted by atomic mass is 15.1. The molecule has 2 rings (SSSR count). The van der Waals surface area contributed by atoms with Crippen LogP contribution in [0.25, 0.3) is 11.2 Å². The van der Waals surface area contributed by atoms with Crippen LogP contribution >= 0.6 is 0 Å². The van der Waals surface area contributed by atoms with Crippen molar-refractivity contribution in [3.05, 3.63) is 12.2 Å². The highest BCUT2D eigenvalue weighted by molar-refractivity contribution is 5.81. The Morgan fingerprint density at radius 3 is 2.65 bits per heavy atom. The van der Waals surface area contributed by atoms with Crippen molar-refractivity contribution in [2.45, 2.75) is 46.6 Å². The molecule has 0 atom stereocenters.